The standard InChI is InChI=1S/C15H27P/c1-10-11(2)14(16(7,8)9)12(3)13(10)15(4,5)6/h1-9H3. The molecular formula is C15H27P. The minimum absolute atomic E-state index is 0.270. The third kappa shape index (κ3) is 2.23. The maximum Gasteiger partial charge on any atom is -0.0126 e. The highest BCUT2D eigenvalue weighted by atomic mass is 31.2. The summed E-state index contributed by atoms with van der Waals surface area (Å²) in [5.41, 5.74) is 6.48. The summed E-state index contributed by atoms with van der Waals surface area (Å²) < 4.78 is 0. The molecule has 1 heteroatoms. The molecule has 0 nitrogen and oxygen atoms in total. The average Bonchev–Trinajstić information content (AvgIpc) is 2.19. The monoisotopic (exact) mass is 238 g/mol. The minimum atomic E-state index is -0.919. The van der Waals surface area contributed by atoms with E-state index in [2.05, 4.69) is 61.5 Å². The van der Waals surface area contributed by atoms with Gasteiger partial charge in [-0.1, -0.05) is 20.8 Å². The minimum Gasteiger partial charge on any atom is -0.106 e. The van der Waals surface area contributed by atoms with Gasteiger partial charge in [0.1, 0.15) is 0 Å². The number of hydrogen-bond donors (Lipinski definition) is 0. The molecule has 1 aliphatic rings. The molecule has 0 saturated carbocycles. The van der Waals surface area contributed by atoms with Gasteiger partial charge in [0, 0.05) is 0 Å². The third-order valence-corrected chi connectivity index (χ3v) is 5.46. The van der Waals surface area contributed by atoms with E-state index in [1.807, 2.05) is 0 Å². The molecule has 0 atom stereocenters. The van der Waals surface area contributed by atoms with Gasteiger partial charge in [-0.3, -0.25) is 0 Å². The van der Waals surface area contributed by atoms with E-state index in [-0.39, 0.29) is 5.41 Å². The van der Waals surface area contributed by atoms with Gasteiger partial charge >= 0.3 is 0 Å². The molecule has 16 heavy (non-hydrogen) atoms. The van der Waals surface area contributed by atoms with Gasteiger partial charge in [0.25, 0.3) is 0 Å². The van der Waals surface area contributed by atoms with Gasteiger partial charge in [-0.15, -0.1) is 6.89 Å². The summed E-state index contributed by atoms with van der Waals surface area (Å²) >= 11 is 0. The predicted molar refractivity (Wildman–Crippen MR) is 80.2 cm³/mol. The van der Waals surface area contributed by atoms with Crippen molar-refractivity contribution < 1.29 is 0 Å². The van der Waals surface area contributed by atoms with Crippen LogP contribution in [0.15, 0.2) is 22.3 Å². The second kappa shape index (κ2) is 3.91. The first-order chi connectivity index (χ1) is 6.98. The Labute approximate surface area is 102 Å². The molecule has 0 aliphatic heterocycles. The van der Waals surface area contributed by atoms with E-state index in [1.54, 1.807) is 22.0 Å². The highest BCUT2D eigenvalue weighted by Crippen LogP contribution is 2.49. The van der Waals surface area contributed by atoms with Crippen molar-refractivity contribution in [2.24, 2.45) is 5.41 Å². The van der Waals surface area contributed by atoms with Crippen LogP contribution >= 0.6 is 6.89 Å². The van der Waals surface area contributed by atoms with Crippen LogP contribution in [-0.4, -0.2) is 25.3 Å². The molecular weight excluding hydrogens is 211 g/mol. The lowest BCUT2D eigenvalue weighted by molar-refractivity contribution is 0.509. The summed E-state index contributed by atoms with van der Waals surface area (Å²) in [6, 6.07) is 0. The van der Waals surface area contributed by atoms with Crippen molar-refractivity contribution in [2.45, 2.75) is 41.5 Å². The van der Waals surface area contributed by atoms with Crippen molar-refractivity contribution in [3.63, 3.8) is 0 Å². The van der Waals surface area contributed by atoms with E-state index in [1.165, 1.54) is 5.57 Å². The van der Waals surface area contributed by atoms with Crippen LogP contribution in [0.25, 0.3) is 0 Å². The van der Waals surface area contributed by atoms with Crippen LogP contribution in [-0.2, 0) is 0 Å². The zero-order valence-electron chi connectivity index (χ0n) is 12.4. The van der Waals surface area contributed by atoms with Gasteiger partial charge in [-0.25, -0.2) is 0 Å². The largest absolute Gasteiger partial charge is 0.106 e. The molecule has 0 saturated heterocycles. The van der Waals surface area contributed by atoms with Crippen LogP contribution in [0, 0.1) is 5.41 Å². The van der Waals surface area contributed by atoms with E-state index in [9.17, 15) is 0 Å². The van der Waals surface area contributed by atoms with Crippen molar-refractivity contribution in [3.8, 4) is 0 Å². The Morgan fingerprint density at radius 2 is 1.19 bits per heavy atom. The fourth-order valence-corrected chi connectivity index (χ4v) is 5.47. The van der Waals surface area contributed by atoms with Gasteiger partial charge in [0.05, 0.1) is 0 Å². The molecule has 0 aromatic rings. The summed E-state index contributed by atoms with van der Waals surface area (Å²) in [7, 11) is 0. The molecule has 0 radical (unpaired) electrons. The Balaban J connectivity index is 3.63. The molecule has 0 spiro atoms. The highest BCUT2D eigenvalue weighted by Gasteiger charge is 2.30. The molecule has 0 heterocycles. The lowest BCUT2D eigenvalue weighted by Gasteiger charge is -2.24. The first kappa shape index (κ1) is 13.8. The maximum absolute atomic E-state index is 2.42. The third-order valence-electron chi connectivity index (χ3n) is 3.44. The normalized spacial score (nSPS) is 18.9. The van der Waals surface area contributed by atoms with Gasteiger partial charge in [-0.05, 0) is 73.8 Å². The molecule has 0 aromatic carbocycles. The zero-order chi connectivity index (χ0) is 12.9. The first-order valence-electron chi connectivity index (χ1n) is 6.07. The Morgan fingerprint density at radius 1 is 0.750 bits per heavy atom. The van der Waals surface area contributed by atoms with Gasteiger partial charge in [0.2, 0.25) is 0 Å². The van der Waals surface area contributed by atoms with Crippen LogP contribution in [0.4, 0.5) is 0 Å². The van der Waals surface area contributed by atoms with Crippen molar-refractivity contribution in [2.75, 3.05) is 20.0 Å². The second-order valence-corrected chi connectivity index (χ2v) is 11.3. The Morgan fingerprint density at radius 3 is 1.38 bits per heavy atom. The van der Waals surface area contributed by atoms with Gasteiger partial charge in [0.15, 0.2) is 0 Å². The SMILES string of the molecule is CC1=C(C)C(=P(C)(C)C)C(C)=C1C(C)(C)C. The Bertz CT molecular complexity index is 422. The number of allylic oxidation sites excluding steroid dienone is 4. The molecule has 92 valence electrons. The van der Waals surface area contributed by atoms with Crippen LogP contribution in [0.5, 0.6) is 0 Å². The summed E-state index contributed by atoms with van der Waals surface area (Å²) in [4.78, 5) is 0. The smallest absolute Gasteiger partial charge is 0.0126 e. The Kier molecular flexibility index (Phi) is 3.39. The van der Waals surface area contributed by atoms with E-state index in [0.29, 0.717) is 0 Å². The predicted octanol–water partition coefficient (Wildman–Crippen LogP) is 4.78. The molecule has 0 amide bonds. The fraction of sp³-hybridized carbons (Fsp3) is 0.667. The first-order valence-corrected chi connectivity index (χ1v) is 9.20. The van der Waals surface area contributed by atoms with E-state index in [0.717, 1.165) is 0 Å². The lowest BCUT2D eigenvalue weighted by Crippen LogP contribution is -2.11. The summed E-state index contributed by atoms with van der Waals surface area (Å²) in [6.45, 7) is 20.3. The quantitative estimate of drug-likeness (QED) is 0.533. The molecule has 0 aromatic heterocycles. The topological polar surface area (TPSA) is 0 Å². The zero-order valence-corrected chi connectivity index (χ0v) is 13.3. The summed E-state index contributed by atoms with van der Waals surface area (Å²) in [5.74, 6) is 0. The van der Waals surface area contributed by atoms with Crippen molar-refractivity contribution in [1.82, 2.24) is 0 Å². The average molecular weight is 238 g/mol. The van der Waals surface area contributed by atoms with Crippen molar-refractivity contribution >= 4 is 12.2 Å². The second-order valence-electron chi connectivity index (χ2n) is 6.86. The maximum atomic E-state index is 2.42. The summed E-state index contributed by atoms with van der Waals surface area (Å²) in [6.07, 6.45) is 0. The molecule has 1 aliphatic carbocycles. The van der Waals surface area contributed by atoms with Crippen LogP contribution in [0.2, 0.25) is 0 Å². The number of hydrogen-bond acceptors (Lipinski definition) is 0. The van der Waals surface area contributed by atoms with Crippen molar-refractivity contribution in [3.05, 3.63) is 22.3 Å². The Hall–Kier alpha value is -0.220. The molecule has 1 rings (SSSR count). The highest BCUT2D eigenvalue weighted by molar-refractivity contribution is 7.75. The number of rotatable bonds is 0. The summed E-state index contributed by atoms with van der Waals surface area (Å²) in [5, 5.41) is 1.66. The molecule has 0 bridgehead atoms. The van der Waals surface area contributed by atoms with Crippen LogP contribution in [0.3, 0.4) is 0 Å². The molecule has 0 unspecified atom stereocenters. The lowest BCUT2D eigenvalue weighted by atomic mass is 9.82. The van der Waals surface area contributed by atoms with Crippen molar-refractivity contribution in [1.29, 1.82) is 0 Å². The molecule has 0 N–H and O–H groups in total. The van der Waals surface area contributed by atoms with E-state index < -0.39 is 6.89 Å². The van der Waals surface area contributed by atoms with E-state index in [4.69, 9.17) is 0 Å². The fourth-order valence-electron chi connectivity index (χ4n) is 3.18. The van der Waals surface area contributed by atoms with E-state index >= 15 is 0 Å². The van der Waals surface area contributed by atoms with Gasteiger partial charge in [-0.2, -0.15) is 0 Å². The van der Waals surface area contributed by atoms with Crippen LogP contribution < -0.4 is 0 Å². The molecule has 0 fully saturated rings. The van der Waals surface area contributed by atoms with Crippen LogP contribution in [0.1, 0.15) is 41.5 Å². The van der Waals surface area contributed by atoms with Gasteiger partial charge < -0.3 is 0 Å².